The minimum absolute atomic E-state index is 0.0171. The SMILES string of the molecule is CCN(C)C(=O)C(C)NCCOc1ccccc1C(=O)O. The second kappa shape index (κ2) is 8.26. The van der Waals surface area contributed by atoms with Crippen LogP contribution in [0.25, 0.3) is 0 Å². The van der Waals surface area contributed by atoms with Crippen molar-refractivity contribution in [3.05, 3.63) is 29.8 Å². The number of amides is 1. The first-order valence-electron chi connectivity index (χ1n) is 6.90. The molecule has 1 atom stereocenters. The van der Waals surface area contributed by atoms with Gasteiger partial charge >= 0.3 is 5.97 Å². The van der Waals surface area contributed by atoms with Gasteiger partial charge < -0.3 is 20.1 Å². The number of carbonyl (C=O) groups is 2. The van der Waals surface area contributed by atoms with Crippen LogP contribution in [0, 0.1) is 0 Å². The lowest BCUT2D eigenvalue weighted by Gasteiger charge is -2.20. The van der Waals surface area contributed by atoms with Gasteiger partial charge in [-0.15, -0.1) is 0 Å². The Balaban J connectivity index is 2.41. The van der Waals surface area contributed by atoms with Crippen molar-refractivity contribution >= 4 is 11.9 Å². The minimum Gasteiger partial charge on any atom is -0.491 e. The summed E-state index contributed by atoms with van der Waals surface area (Å²) in [5.41, 5.74) is 0.132. The molecule has 116 valence electrons. The topological polar surface area (TPSA) is 78.9 Å². The summed E-state index contributed by atoms with van der Waals surface area (Å²) in [5, 5.41) is 12.1. The third-order valence-corrected chi connectivity index (χ3v) is 3.15. The van der Waals surface area contributed by atoms with Crippen molar-refractivity contribution in [2.45, 2.75) is 19.9 Å². The number of benzene rings is 1. The molecule has 6 heteroatoms. The van der Waals surface area contributed by atoms with E-state index in [0.29, 0.717) is 18.8 Å². The van der Waals surface area contributed by atoms with Crippen molar-refractivity contribution in [3.63, 3.8) is 0 Å². The van der Waals surface area contributed by atoms with Crippen LogP contribution >= 0.6 is 0 Å². The molecule has 0 saturated heterocycles. The molecule has 1 aromatic rings. The van der Waals surface area contributed by atoms with E-state index in [9.17, 15) is 9.59 Å². The summed E-state index contributed by atoms with van der Waals surface area (Å²) in [6.07, 6.45) is 0. The van der Waals surface area contributed by atoms with Gasteiger partial charge in [0.1, 0.15) is 17.9 Å². The Labute approximate surface area is 124 Å². The predicted molar refractivity (Wildman–Crippen MR) is 79.7 cm³/mol. The summed E-state index contributed by atoms with van der Waals surface area (Å²) < 4.78 is 5.45. The van der Waals surface area contributed by atoms with Crippen molar-refractivity contribution in [2.75, 3.05) is 26.7 Å². The highest BCUT2D eigenvalue weighted by Gasteiger charge is 2.15. The molecule has 1 unspecified atom stereocenters. The predicted octanol–water partition coefficient (Wildman–Crippen LogP) is 1.22. The summed E-state index contributed by atoms with van der Waals surface area (Å²) in [6.45, 7) is 5.11. The first kappa shape index (κ1) is 17.0. The van der Waals surface area contributed by atoms with Gasteiger partial charge in [-0.05, 0) is 26.0 Å². The smallest absolute Gasteiger partial charge is 0.339 e. The lowest BCUT2D eigenvalue weighted by atomic mass is 10.2. The quantitative estimate of drug-likeness (QED) is 0.705. The zero-order chi connectivity index (χ0) is 15.8. The summed E-state index contributed by atoms with van der Waals surface area (Å²) in [5.74, 6) is -0.674. The zero-order valence-corrected chi connectivity index (χ0v) is 12.6. The normalized spacial score (nSPS) is 11.8. The van der Waals surface area contributed by atoms with Crippen LogP contribution in [-0.2, 0) is 4.79 Å². The lowest BCUT2D eigenvalue weighted by molar-refractivity contribution is -0.131. The van der Waals surface area contributed by atoms with Gasteiger partial charge in [-0.1, -0.05) is 12.1 Å². The number of carboxylic acids is 1. The molecule has 0 aromatic heterocycles. The number of nitrogens with one attached hydrogen (secondary N) is 1. The van der Waals surface area contributed by atoms with Crippen LogP contribution in [0.1, 0.15) is 24.2 Å². The molecule has 1 rings (SSSR count). The molecule has 6 nitrogen and oxygen atoms in total. The Morgan fingerprint density at radius 1 is 1.38 bits per heavy atom. The van der Waals surface area contributed by atoms with Gasteiger partial charge in [-0.2, -0.15) is 0 Å². The van der Waals surface area contributed by atoms with E-state index in [1.54, 1.807) is 37.1 Å². The molecule has 1 aromatic carbocycles. The average Bonchev–Trinajstić information content (AvgIpc) is 2.49. The highest BCUT2D eigenvalue weighted by Crippen LogP contribution is 2.17. The van der Waals surface area contributed by atoms with Gasteiger partial charge in [0, 0.05) is 20.1 Å². The number of hydrogen-bond acceptors (Lipinski definition) is 4. The van der Waals surface area contributed by atoms with Crippen molar-refractivity contribution in [3.8, 4) is 5.75 Å². The molecule has 0 saturated carbocycles. The van der Waals surface area contributed by atoms with Gasteiger partial charge in [0.15, 0.2) is 0 Å². The van der Waals surface area contributed by atoms with E-state index in [2.05, 4.69) is 5.32 Å². The number of likely N-dealkylation sites (N-methyl/N-ethyl adjacent to an activating group) is 1. The van der Waals surface area contributed by atoms with E-state index in [-0.39, 0.29) is 24.1 Å². The van der Waals surface area contributed by atoms with E-state index in [4.69, 9.17) is 9.84 Å². The number of nitrogens with zero attached hydrogens (tertiary/aromatic N) is 1. The Hall–Kier alpha value is -2.08. The average molecular weight is 294 g/mol. The van der Waals surface area contributed by atoms with Crippen molar-refractivity contribution < 1.29 is 19.4 Å². The van der Waals surface area contributed by atoms with Crippen LogP contribution in [0.2, 0.25) is 0 Å². The van der Waals surface area contributed by atoms with Crippen molar-refractivity contribution in [1.82, 2.24) is 10.2 Å². The number of rotatable bonds is 8. The Bertz CT molecular complexity index is 490. The molecule has 0 aliphatic carbocycles. The van der Waals surface area contributed by atoms with Crippen LogP contribution in [-0.4, -0.2) is 54.7 Å². The van der Waals surface area contributed by atoms with Crippen LogP contribution in [0.15, 0.2) is 24.3 Å². The fourth-order valence-corrected chi connectivity index (χ4v) is 1.78. The van der Waals surface area contributed by atoms with E-state index in [1.807, 2.05) is 6.92 Å². The van der Waals surface area contributed by atoms with Crippen molar-refractivity contribution in [2.24, 2.45) is 0 Å². The molecule has 0 spiro atoms. The zero-order valence-electron chi connectivity index (χ0n) is 12.6. The minimum atomic E-state index is -1.02. The maximum absolute atomic E-state index is 11.8. The number of para-hydroxylation sites is 1. The maximum Gasteiger partial charge on any atom is 0.339 e. The van der Waals surface area contributed by atoms with Crippen LogP contribution in [0.5, 0.6) is 5.75 Å². The van der Waals surface area contributed by atoms with Gasteiger partial charge in [0.25, 0.3) is 0 Å². The first-order valence-corrected chi connectivity index (χ1v) is 6.90. The number of hydrogen-bond donors (Lipinski definition) is 2. The molecule has 1 amide bonds. The number of carbonyl (C=O) groups excluding carboxylic acids is 1. The van der Waals surface area contributed by atoms with E-state index in [1.165, 1.54) is 6.07 Å². The Morgan fingerprint density at radius 3 is 2.67 bits per heavy atom. The summed E-state index contributed by atoms with van der Waals surface area (Å²) >= 11 is 0. The van der Waals surface area contributed by atoms with Crippen LogP contribution in [0.3, 0.4) is 0 Å². The second-order valence-electron chi connectivity index (χ2n) is 4.68. The van der Waals surface area contributed by atoms with E-state index >= 15 is 0 Å². The second-order valence-corrected chi connectivity index (χ2v) is 4.68. The molecule has 0 aliphatic heterocycles. The maximum atomic E-state index is 11.8. The first-order chi connectivity index (χ1) is 9.97. The third-order valence-electron chi connectivity index (χ3n) is 3.15. The number of ether oxygens (including phenoxy) is 1. The highest BCUT2D eigenvalue weighted by molar-refractivity contribution is 5.90. The van der Waals surface area contributed by atoms with E-state index in [0.717, 1.165) is 0 Å². The van der Waals surface area contributed by atoms with Crippen LogP contribution in [0.4, 0.5) is 0 Å². The molecule has 2 N–H and O–H groups in total. The van der Waals surface area contributed by atoms with Gasteiger partial charge in [0.2, 0.25) is 5.91 Å². The molecule has 0 fully saturated rings. The standard InChI is InChI=1S/C15H22N2O4/c1-4-17(3)14(18)11(2)16-9-10-21-13-8-6-5-7-12(13)15(19)20/h5-8,11,16H,4,9-10H2,1-3H3,(H,19,20). The molecular weight excluding hydrogens is 272 g/mol. The number of carboxylic acid groups (broad SMARTS) is 1. The Kier molecular flexibility index (Phi) is 6.68. The molecular formula is C15H22N2O4. The fourth-order valence-electron chi connectivity index (χ4n) is 1.78. The van der Waals surface area contributed by atoms with E-state index < -0.39 is 5.97 Å². The molecule has 0 aliphatic rings. The largest absolute Gasteiger partial charge is 0.491 e. The van der Waals surface area contributed by atoms with Gasteiger partial charge in [0.05, 0.1) is 6.04 Å². The summed E-state index contributed by atoms with van der Waals surface area (Å²) in [4.78, 5) is 24.5. The molecule has 0 radical (unpaired) electrons. The third kappa shape index (κ3) is 5.07. The van der Waals surface area contributed by atoms with Gasteiger partial charge in [-0.3, -0.25) is 4.79 Å². The fraction of sp³-hybridized carbons (Fsp3) is 0.467. The summed E-state index contributed by atoms with van der Waals surface area (Å²) in [7, 11) is 1.75. The molecule has 0 bridgehead atoms. The number of aromatic carboxylic acids is 1. The highest BCUT2D eigenvalue weighted by atomic mass is 16.5. The lowest BCUT2D eigenvalue weighted by Crippen LogP contribution is -2.44. The van der Waals surface area contributed by atoms with Crippen LogP contribution < -0.4 is 10.1 Å². The molecule has 0 heterocycles. The van der Waals surface area contributed by atoms with Gasteiger partial charge in [-0.25, -0.2) is 4.79 Å². The summed E-state index contributed by atoms with van der Waals surface area (Å²) in [6, 6.07) is 6.18. The van der Waals surface area contributed by atoms with Crippen molar-refractivity contribution in [1.29, 1.82) is 0 Å². The molecule has 21 heavy (non-hydrogen) atoms. The monoisotopic (exact) mass is 294 g/mol. The Morgan fingerprint density at radius 2 is 2.05 bits per heavy atom.